The highest BCUT2D eigenvalue weighted by Crippen LogP contribution is 2.34. The van der Waals surface area contributed by atoms with Crippen molar-refractivity contribution in [3.63, 3.8) is 0 Å². The van der Waals surface area contributed by atoms with Crippen molar-refractivity contribution >= 4 is 15.9 Å². The second-order valence-electron chi connectivity index (χ2n) is 5.51. The van der Waals surface area contributed by atoms with Crippen LogP contribution in [0, 0.1) is 0 Å². The number of aromatic nitrogens is 2. The largest absolute Gasteiger partial charge is 0.335 e. The molecule has 0 aliphatic heterocycles. The average molecular weight is 334 g/mol. The van der Waals surface area contributed by atoms with E-state index < -0.39 is 0 Å². The molecule has 1 aliphatic carbocycles. The molecular formula is C16H20BrN3. The SMILES string of the molecule is NCc1nc(-c2ccc(C3CCCCC3)cc2)c(Br)[nH]1. The van der Waals surface area contributed by atoms with Crippen LogP contribution < -0.4 is 5.73 Å². The second-order valence-corrected chi connectivity index (χ2v) is 6.30. The Labute approximate surface area is 128 Å². The lowest BCUT2D eigenvalue weighted by atomic mass is 9.84. The van der Waals surface area contributed by atoms with Gasteiger partial charge in [0, 0.05) is 5.56 Å². The molecule has 0 atom stereocenters. The van der Waals surface area contributed by atoms with Gasteiger partial charge in [-0.2, -0.15) is 0 Å². The summed E-state index contributed by atoms with van der Waals surface area (Å²) in [6.07, 6.45) is 6.82. The van der Waals surface area contributed by atoms with Crippen molar-refractivity contribution < 1.29 is 0 Å². The highest BCUT2D eigenvalue weighted by Gasteiger charge is 2.16. The first-order valence-electron chi connectivity index (χ1n) is 7.32. The van der Waals surface area contributed by atoms with Gasteiger partial charge in [0.1, 0.15) is 16.1 Å². The molecule has 20 heavy (non-hydrogen) atoms. The maximum absolute atomic E-state index is 5.62. The monoisotopic (exact) mass is 333 g/mol. The number of halogens is 1. The zero-order chi connectivity index (χ0) is 13.9. The first-order valence-corrected chi connectivity index (χ1v) is 8.12. The average Bonchev–Trinajstić information content (AvgIpc) is 2.89. The number of nitrogens with one attached hydrogen (secondary N) is 1. The van der Waals surface area contributed by atoms with Gasteiger partial charge >= 0.3 is 0 Å². The molecule has 1 aliphatic rings. The maximum Gasteiger partial charge on any atom is 0.121 e. The highest BCUT2D eigenvalue weighted by atomic mass is 79.9. The number of aromatic amines is 1. The van der Waals surface area contributed by atoms with Gasteiger partial charge in [-0.15, -0.1) is 0 Å². The van der Waals surface area contributed by atoms with Crippen LogP contribution in [0.2, 0.25) is 0 Å². The minimum atomic E-state index is 0.429. The number of benzene rings is 1. The van der Waals surface area contributed by atoms with Gasteiger partial charge in [-0.05, 0) is 40.3 Å². The Morgan fingerprint density at radius 1 is 1.15 bits per heavy atom. The van der Waals surface area contributed by atoms with Crippen LogP contribution in [-0.4, -0.2) is 9.97 Å². The van der Waals surface area contributed by atoms with E-state index in [1.807, 2.05) is 0 Å². The third-order valence-corrected chi connectivity index (χ3v) is 4.74. The van der Waals surface area contributed by atoms with E-state index in [2.05, 4.69) is 50.2 Å². The fourth-order valence-corrected chi connectivity index (χ4v) is 3.58. The van der Waals surface area contributed by atoms with E-state index in [9.17, 15) is 0 Å². The van der Waals surface area contributed by atoms with Crippen LogP contribution in [0.25, 0.3) is 11.3 Å². The lowest BCUT2D eigenvalue weighted by molar-refractivity contribution is 0.443. The summed E-state index contributed by atoms with van der Waals surface area (Å²) >= 11 is 3.52. The molecule has 3 N–H and O–H groups in total. The minimum absolute atomic E-state index is 0.429. The summed E-state index contributed by atoms with van der Waals surface area (Å²) in [5.74, 6) is 1.56. The Hall–Kier alpha value is -1.13. The zero-order valence-corrected chi connectivity index (χ0v) is 13.1. The van der Waals surface area contributed by atoms with Gasteiger partial charge in [0.2, 0.25) is 0 Å². The van der Waals surface area contributed by atoms with Gasteiger partial charge in [-0.25, -0.2) is 4.98 Å². The topological polar surface area (TPSA) is 54.7 Å². The van der Waals surface area contributed by atoms with Crippen molar-refractivity contribution in [2.24, 2.45) is 5.73 Å². The van der Waals surface area contributed by atoms with E-state index in [-0.39, 0.29) is 0 Å². The Bertz CT molecular complexity index is 568. The predicted octanol–water partition coefficient (Wildman–Crippen LogP) is 4.35. The second kappa shape index (κ2) is 6.10. The van der Waals surface area contributed by atoms with Crippen molar-refractivity contribution in [2.75, 3.05) is 0 Å². The molecule has 106 valence electrons. The van der Waals surface area contributed by atoms with E-state index in [1.165, 1.54) is 37.7 Å². The fraction of sp³-hybridized carbons (Fsp3) is 0.438. The van der Waals surface area contributed by atoms with Gasteiger partial charge in [-0.3, -0.25) is 0 Å². The van der Waals surface area contributed by atoms with Gasteiger partial charge in [-0.1, -0.05) is 43.5 Å². The molecule has 1 aromatic heterocycles. The van der Waals surface area contributed by atoms with Crippen LogP contribution in [0.1, 0.15) is 49.4 Å². The molecule has 3 rings (SSSR count). The molecule has 0 spiro atoms. The van der Waals surface area contributed by atoms with Crippen molar-refractivity contribution in [3.05, 3.63) is 40.3 Å². The van der Waals surface area contributed by atoms with Crippen LogP contribution in [0.3, 0.4) is 0 Å². The summed E-state index contributed by atoms with van der Waals surface area (Å²) in [7, 11) is 0. The number of hydrogen-bond acceptors (Lipinski definition) is 2. The van der Waals surface area contributed by atoms with Gasteiger partial charge in [0.15, 0.2) is 0 Å². The van der Waals surface area contributed by atoms with Gasteiger partial charge in [0.25, 0.3) is 0 Å². The zero-order valence-electron chi connectivity index (χ0n) is 11.5. The number of hydrogen-bond donors (Lipinski definition) is 2. The molecule has 0 radical (unpaired) electrons. The van der Waals surface area contributed by atoms with Gasteiger partial charge < -0.3 is 10.7 Å². The summed E-state index contributed by atoms with van der Waals surface area (Å²) in [5, 5.41) is 0. The molecule has 0 amide bonds. The summed E-state index contributed by atoms with van der Waals surface area (Å²) in [6, 6.07) is 8.86. The lowest BCUT2D eigenvalue weighted by Gasteiger charge is -2.22. The van der Waals surface area contributed by atoms with E-state index in [1.54, 1.807) is 0 Å². The number of rotatable bonds is 3. The highest BCUT2D eigenvalue weighted by molar-refractivity contribution is 9.10. The van der Waals surface area contributed by atoms with Crippen molar-refractivity contribution in [1.29, 1.82) is 0 Å². The first-order chi connectivity index (χ1) is 9.78. The van der Waals surface area contributed by atoms with Crippen LogP contribution >= 0.6 is 15.9 Å². The van der Waals surface area contributed by atoms with E-state index in [4.69, 9.17) is 5.73 Å². The molecule has 1 fully saturated rings. The van der Waals surface area contributed by atoms with Crippen molar-refractivity contribution in [3.8, 4) is 11.3 Å². The molecule has 0 saturated heterocycles. The maximum atomic E-state index is 5.62. The quantitative estimate of drug-likeness (QED) is 0.877. The molecule has 0 bridgehead atoms. The van der Waals surface area contributed by atoms with E-state index >= 15 is 0 Å². The van der Waals surface area contributed by atoms with Crippen LogP contribution in [0.15, 0.2) is 28.9 Å². The standard InChI is InChI=1S/C16H20BrN3/c17-16-15(19-14(10-18)20-16)13-8-6-12(7-9-13)11-4-2-1-3-5-11/h6-9,11H,1-5,10,18H2,(H,19,20). The Balaban J connectivity index is 1.83. The third-order valence-electron chi connectivity index (χ3n) is 4.16. The Morgan fingerprint density at radius 2 is 1.85 bits per heavy atom. The predicted molar refractivity (Wildman–Crippen MR) is 85.4 cm³/mol. The van der Waals surface area contributed by atoms with E-state index in [0.29, 0.717) is 6.54 Å². The fourth-order valence-electron chi connectivity index (χ4n) is 3.03. The summed E-state index contributed by atoms with van der Waals surface area (Å²) in [6.45, 7) is 0.429. The molecule has 2 aromatic rings. The normalized spacial score (nSPS) is 16.5. The Kier molecular flexibility index (Phi) is 4.22. The lowest BCUT2D eigenvalue weighted by Crippen LogP contribution is -2.04. The van der Waals surface area contributed by atoms with Crippen molar-refractivity contribution in [1.82, 2.24) is 9.97 Å². The number of nitrogens with two attached hydrogens (primary N) is 1. The summed E-state index contributed by atoms with van der Waals surface area (Å²) in [5.41, 5.74) is 9.17. The smallest absolute Gasteiger partial charge is 0.121 e. The first kappa shape index (κ1) is 13.8. The number of H-pyrrole nitrogens is 1. The molecule has 0 unspecified atom stereocenters. The summed E-state index contributed by atoms with van der Waals surface area (Å²) in [4.78, 5) is 7.66. The Morgan fingerprint density at radius 3 is 2.45 bits per heavy atom. The van der Waals surface area contributed by atoms with Crippen LogP contribution in [-0.2, 0) is 6.54 Å². The molecule has 3 nitrogen and oxygen atoms in total. The number of imidazole rings is 1. The van der Waals surface area contributed by atoms with Crippen LogP contribution in [0.5, 0.6) is 0 Å². The number of nitrogens with zero attached hydrogens (tertiary/aromatic N) is 1. The van der Waals surface area contributed by atoms with Gasteiger partial charge in [0.05, 0.1) is 6.54 Å². The van der Waals surface area contributed by atoms with E-state index in [0.717, 1.165) is 27.6 Å². The van der Waals surface area contributed by atoms with Crippen molar-refractivity contribution in [2.45, 2.75) is 44.6 Å². The third kappa shape index (κ3) is 2.81. The molecule has 4 heteroatoms. The molecular weight excluding hydrogens is 314 g/mol. The molecule has 1 aromatic carbocycles. The van der Waals surface area contributed by atoms with Crippen LogP contribution in [0.4, 0.5) is 0 Å². The molecule has 1 saturated carbocycles. The summed E-state index contributed by atoms with van der Waals surface area (Å²) < 4.78 is 0.906. The molecule has 1 heterocycles. The minimum Gasteiger partial charge on any atom is -0.335 e.